The number of carbonyl (C=O) groups excluding carboxylic acids is 3. The van der Waals surface area contributed by atoms with Crippen LogP contribution in [0.25, 0.3) is 10.8 Å². The lowest BCUT2D eigenvalue weighted by Crippen LogP contribution is -2.51. The highest BCUT2D eigenvalue weighted by Gasteiger charge is 2.35. The first kappa shape index (κ1) is 29.7. The molecule has 3 atom stereocenters. The van der Waals surface area contributed by atoms with Crippen molar-refractivity contribution in [2.24, 2.45) is 5.92 Å². The second-order valence-electron chi connectivity index (χ2n) is 10.9. The zero-order valence-corrected chi connectivity index (χ0v) is 24.2. The van der Waals surface area contributed by atoms with Crippen LogP contribution in [0.3, 0.4) is 0 Å². The van der Waals surface area contributed by atoms with E-state index >= 15 is 0 Å². The minimum Gasteiger partial charge on any atom is -0.485 e. The molecule has 0 spiro atoms. The lowest BCUT2D eigenvalue weighted by Gasteiger charge is -2.38. The third-order valence-corrected chi connectivity index (χ3v) is 7.19. The molecule has 0 bridgehead atoms. The summed E-state index contributed by atoms with van der Waals surface area (Å²) in [7, 11) is 1.69. The summed E-state index contributed by atoms with van der Waals surface area (Å²) in [5.41, 5.74) is 1.22. The number of rotatable bonds is 7. The topological polar surface area (TPSA) is 123 Å². The van der Waals surface area contributed by atoms with E-state index in [1.807, 2.05) is 63.2 Å². The number of aliphatic hydroxyl groups excluding tert-OH is 1. The molecular formula is C31H39N5O5. The highest BCUT2D eigenvalue weighted by Crippen LogP contribution is 2.35. The molecular weight excluding hydrogens is 522 g/mol. The molecule has 0 saturated carbocycles. The maximum absolute atomic E-state index is 13.7. The van der Waals surface area contributed by atoms with E-state index < -0.39 is 18.2 Å². The first-order valence-corrected chi connectivity index (χ1v) is 13.9. The van der Waals surface area contributed by atoms with Gasteiger partial charge in [-0.15, -0.1) is 0 Å². The Morgan fingerprint density at radius 2 is 1.68 bits per heavy atom. The van der Waals surface area contributed by atoms with E-state index in [9.17, 15) is 19.5 Å². The van der Waals surface area contributed by atoms with Gasteiger partial charge in [0.1, 0.15) is 6.10 Å². The molecule has 3 aromatic carbocycles. The molecule has 4 rings (SSSR count). The summed E-state index contributed by atoms with van der Waals surface area (Å²) in [6, 6.07) is 17.2. The van der Waals surface area contributed by atoms with Crippen molar-refractivity contribution >= 4 is 40.1 Å². The molecule has 0 fully saturated rings. The largest absolute Gasteiger partial charge is 0.485 e. The number of aliphatic hydroxyl groups is 1. The van der Waals surface area contributed by atoms with Crippen molar-refractivity contribution < 1.29 is 24.2 Å². The molecule has 0 unspecified atom stereocenters. The summed E-state index contributed by atoms with van der Waals surface area (Å²) < 4.78 is 6.49. The first-order valence-electron chi connectivity index (χ1n) is 13.9. The zero-order chi connectivity index (χ0) is 29.7. The van der Waals surface area contributed by atoms with Gasteiger partial charge in [-0.25, -0.2) is 9.59 Å². The number of carbonyl (C=O) groups is 3. The number of benzene rings is 3. The summed E-state index contributed by atoms with van der Waals surface area (Å²) in [4.78, 5) is 42.8. The quantitative estimate of drug-likeness (QED) is 0.331. The van der Waals surface area contributed by atoms with Gasteiger partial charge in [0.25, 0.3) is 5.91 Å². The van der Waals surface area contributed by atoms with Crippen LogP contribution in [0.1, 0.15) is 38.1 Å². The number of ether oxygens (including phenoxy) is 1. The lowest BCUT2D eigenvalue weighted by atomic mass is 9.99. The molecule has 0 saturated heterocycles. The number of fused-ring (bicyclic) bond motifs is 2. The van der Waals surface area contributed by atoms with Crippen LogP contribution in [0.4, 0.5) is 21.0 Å². The highest BCUT2D eigenvalue weighted by molar-refractivity contribution is 6.08. The molecule has 4 N–H and O–H groups in total. The van der Waals surface area contributed by atoms with Crippen molar-refractivity contribution in [2.75, 3.05) is 37.4 Å². The Kier molecular flexibility index (Phi) is 9.34. The molecule has 10 nitrogen and oxygen atoms in total. The van der Waals surface area contributed by atoms with Crippen LogP contribution in [0.5, 0.6) is 5.75 Å². The highest BCUT2D eigenvalue weighted by atomic mass is 16.5. The van der Waals surface area contributed by atoms with Crippen LogP contribution in [-0.2, 0) is 0 Å². The van der Waals surface area contributed by atoms with Crippen LogP contribution >= 0.6 is 0 Å². The SMILES string of the molecule is CC(C)NC(=O)N(C)C[C@H]1Oc2c(NC(=O)Nc3cccc4ccccc34)cccc2C(=O)N([C@H](C)CO)C[C@@H]1C. The normalized spacial score (nSPS) is 17.6. The number of nitrogens with zero attached hydrogens (tertiary/aromatic N) is 2. The minimum absolute atomic E-state index is 0.0316. The Morgan fingerprint density at radius 3 is 2.41 bits per heavy atom. The van der Waals surface area contributed by atoms with Gasteiger partial charge in [0.05, 0.1) is 36.1 Å². The van der Waals surface area contributed by atoms with Gasteiger partial charge in [0.15, 0.2) is 5.75 Å². The van der Waals surface area contributed by atoms with E-state index in [0.29, 0.717) is 17.9 Å². The fraction of sp³-hybridized carbons (Fsp3) is 0.387. The van der Waals surface area contributed by atoms with Crippen molar-refractivity contribution in [1.29, 1.82) is 0 Å². The number of likely N-dealkylation sites (N-methyl/N-ethyl adjacent to an activating group) is 1. The second kappa shape index (κ2) is 12.9. The van der Waals surface area contributed by atoms with E-state index in [0.717, 1.165) is 10.8 Å². The van der Waals surface area contributed by atoms with Crippen LogP contribution in [-0.4, -0.2) is 77.8 Å². The van der Waals surface area contributed by atoms with Crippen LogP contribution < -0.4 is 20.7 Å². The van der Waals surface area contributed by atoms with Crippen molar-refractivity contribution in [3.63, 3.8) is 0 Å². The van der Waals surface area contributed by atoms with Gasteiger partial charge >= 0.3 is 12.1 Å². The smallest absolute Gasteiger partial charge is 0.323 e. The van der Waals surface area contributed by atoms with E-state index in [2.05, 4.69) is 16.0 Å². The fourth-order valence-electron chi connectivity index (χ4n) is 4.88. The third kappa shape index (κ3) is 6.89. The van der Waals surface area contributed by atoms with E-state index in [-0.39, 0.29) is 48.4 Å². The fourth-order valence-corrected chi connectivity index (χ4v) is 4.88. The molecule has 0 aromatic heterocycles. The number of hydrogen-bond donors (Lipinski definition) is 4. The molecule has 218 valence electrons. The van der Waals surface area contributed by atoms with Crippen LogP contribution in [0, 0.1) is 5.92 Å². The van der Waals surface area contributed by atoms with Crippen molar-refractivity contribution in [3.8, 4) is 5.75 Å². The Bertz CT molecular complexity index is 1410. The van der Waals surface area contributed by atoms with Crippen LogP contribution in [0.15, 0.2) is 60.7 Å². The zero-order valence-electron chi connectivity index (χ0n) is 24.2. The van der Waals surface area contributed by atoms with Gasteiger partial charge in [0, 0.05) is 30.9 Å². The Labute approximate surface area is 240 Å². The number of para-hydroxylation sites is 1. The van der Waals surface area contributed by atoms with Gasteiger partial charge < -0.3 is 35.6 Å². The van der Waals surface area contributed by atoms with E-state index in [4.69, 9.17) is 4.74 Å². The molecule has 1 heterocycles. The summed E-state index contributed by atoms with van der Waals surface area (Å²) in [5.74, 6) is -0.293. The Balaban J connectivity index is 1.66. The Hall–Kier alpha value is -4.31. The predicted octanol–water partition coefficient (Wildman–Crippen LogP) is 4.75. The summed E-state index contributed by atoms with van der Waals surface area (Å²) in [5, 5.41) is 20.4. The van der Waals surface area contributed by atoms with Crippen molar-refractivity contribution in [3.05, 3.63) is 66.2 Å². The number of amides is 5. The maximum Gasteiger partial charge on any atom is 0.323 e. The molecule has 3 aromatic rings. The monoisotopic (exact) mass is 561 g/mol. The van der Waals surface area contributed by atoms with Crippen LogP contribution in [0.2, 0.25) is 0 Å². The summed E-state index contributed by atoms with van der Waals surface area (Å²) >= 11 is 0. The number of nitrogens with one attached hydrogen (secondary N) is 3. The summed E-state index contributed by atoms with van der Waals surface area (Å²) in [6.07, 6.45) is -0.512. The van der Waals surface area contributed by atoms with Crippen molar-refractivity contribution in [2.45, 2.75) is 45.9 Å². The lowest BCUT2D eigenvalue weighted by molar-refractivity contribution is 0.0368. The molecule has 10 heteroatoms. The van der Waals surface area contributed by atoms with Gasteiger partial charge in [0.2, 0.25) is 0 Å². The van der Waals surface area contributed by atoms with E-state index in [1.54, 1.807) is 42.0 Å². The average molecular weight is 562 g/mol. The van der Waals surface area contributed by atoms with E-state index in [1.165, 1.54) is 0 Å². The van der Waals surface area contributed by atoms with Gasteiger partial charge in [-0.2, -0.15) is 0 Å². The van der Waals surface area contributed by atoms with Gasteiger partial charge in [-0.05, 0) is 44.4 Å². The number of urea groups is 2. The molecule has 1 aliphatic heterocycles. The standard InChI is InChI=1S/C31H39N5O5/c1-19(2)32-31(40)35(5)17-27-20(3)16-36(21(4)18-37)29(38)24-13-9-15-26(28(24)41-27)34-30(39)33-25-14-8-11-22-10-6-7-12-23(22)25/h6-15,19-21,27,37H,16-18H2,1-5H3,(H,32,40)(H2,33,34,39)/t20-,21+,27+/m0/s1. The molecule has 0 aliphatic carbocycles. The third-order valence-electron chi connectivity index (χ3n) is 7.19. The minimum atomic E-state index is -0.512. The second-order valence-corrected chi connectivity index (χ2v) is 10.9. The van der Waals surface area contributed by atoms with Gasteiger partial charge in [-0.3, -0.25) is 4.79 Å². The van der Waals surface area contributed by atoms with Crippen molar-refractivity contribution in [1.82, 2.24) is 15.1 Å². The number of anilines is 2. The molecule has 1 aliphatic rings. The average Bonchev–Trinajstić information content (AvgIpc) is 2.94. The maximum atomic E-state index is 13.7. The first-order chi connectivity index (χ1) is 19.6. The predicted molar refractivity (Wildman–Crippen MR) is 160 cm³/mol. The molecule has 41 heavy (non-hydrogen) atoms. The van der Waals surface area contributed by atoms with Gasteiger partial charge in [-0.1, -0.05) is 49.4 Å². The molecule has 0 radical (unpaired) electrons. The Morgan fingerprint density at radius 1 is 1.02 bits per heavy atom. The summed E-state index contributed by atoms with van der Waals surface area (Å²) in [6.45, 7) is 7.85. The molecule has 5 amide bonds. The number of hydrogen-bond acceptors (Lipinski definition) is 5.